The molecule has 160 valence electrons. The van der Waals surface area contributed by atoms with Gasteiger partial charge < -0.3 is 28.5 Å². The highest BCUT2D eigenvalue weighted by atomic mass is 28.4. The van der Waals surface area contributed by atoms with Crippen LogP contribution in [0.15, 0.2) is 0 Å². The zero-order valence-electron chi connectivity index (χ0n) is 17.5. The highest BCUT2D eigenvalue weighted by molar-refractivity contribution is 6.67. The lowest BCUT2D eigenvalue weighted by Gasteiger charge is -2.33. The molecule has 0 aromatic carbocycles. The SMILES string of the molecule is CCC(C)(CC(C)(C)C(=O)OCCC[Si](CO)(OC)OC)C(=O)OCCO. The van der Waals surface area contributed by atoms with Gasteiger partial charge >= 0.3 is 20.5 Å². The number of rotatable bonds is 14. The van der Waals surface area contributed by atoms with Crippen molar-refractivity contribution in [3.05, 3.63) is 0 Å². The maximum atomic E-state index is 12.5. The summed E-state index contributed by atoms with van der Waals surface area (Å²) < 4.78 is 21.1. The summed E-state index contributed by atoms with van der Waals surface area (Å²) in [6.45, 7) is 6.96. The standard InChI is InChI=1S/C18H36O8Si/c1-7-18(4,16(22)26-11-9-19)13-17(2,3)15(21)25-10-8-12-27(14-20,23-5)24-6/h19-20H,7-14H2,1-6H3. The first-order valence-electron chi connectivity index (χ1n) is 9.23. The fourth-order valence-electron chi connectivity index (χ4n) is 2.90. The van der Waals surface area contributed by atoms with E-state index >= 15 is 0 Å². The Labute approximate surface area is 163 Å². The highest BCUT2D eigenvalue weighted by Gasteiger charge is 2.43. The normalized spacial score (nSPS) is 14.5. The third-order valence-corrected chi connectivity index (χ3v) is 7.99. The van der Waals surface area contributed by atoms with E-state index in [1.54, 1.807) is 20.8 Å². The highest BCUT2D eigenvalue weighted by Crippen LogP contribution is 2.38. The third kappa shape index (κ3) is 7.87. The summed E-state index contributed by atoms with van der Waals surface area (Å²) in [6.07, 6.45) is 1.12. The number of ether oxygens (including phenoxy) is 2. The molecule has 2 N–H and O–H groups in total. The fraction of sp³-hybridized carbons (Fsp3) is 0.889. The largest absolute Gasteiger partial charge is 0.465 e. The molecular formula is C18H36O8Si. The van der Waals surface area contributed by atoms with Crippen molar-refractivity contribution in [2.45, 2.75) is 53.0 Å². The first kappa shape index (κ1) is 26.0. The first-order valence-corrected chi connectivity index (χ1v) is 11.5. The van der Waals surface area contributed by atoms with Gasteiger partial charge in [-0.15, -0.1) is 0 Å². The van der Waals surface area contributed by atoms with E-state index in [9.17, 15) is 14.7 Å². The van der Waals surface area contributed by atoms with Gasteiger partial charge in [0.2, 0.25) is 0 Å². The molecule has 0 rings (SSSR count). The Balaban J connectivity index is 4.72. The van der Waals surface area contributed by atoms with E-state index in [0.717, 1.165) is 0 Å². The van der Waals surface area contributed by atoms with Crippen LogP contribution >= 0.6 is 0 Å². The first-order chi connectivity index (χ1) is 12.6. The third-order valence-electron chi connectivity index (χ3n) is 4.90. The summed E-state index contributed by atoms with van der Waals surface area (Å²) in [4.78, 5) is 24.8. The van der Waals surface area contributed by atoms with Crippen LogP contribution < -0.4 is 0 Å². The number of carbonyl (C=O) groups is 2. The van der Waals surface area contributed by atoms with Gasteiger partial charge in [0.1, 0.15) is 6.61 Å². The number of aliphatic hydroxyl groups excluding tert-OH is 2. The van der Waals surface area contributed by atoms with E-state index in [4.69, 9.17) is 23.4 Å². The summed E-state index contributed by atoms with van der Waals surface area (Å²) in [5, 5.41) is 18.3. The monoisotopic (exact) mass is 408 g/mol. The summed E-state index contributed by atoms with van der Waals surface area (Å²) in [5.41, 5.74) is -1.72. The zero-order chi connectivity index (χ0) is 21.1. The van der Waals surface area contributed by atoms with Crippen LogP contribution in [0.4, 0.5) is 0 Å². The molecule has 1 unspecified atom stereocenters. The zero-order valence-corrected chi connectivity index (χ0v) is 18.5. The molecule has 0 saturated carbocycles. The van der Waals surface area contributed by atoms with Gasteiger partial charge in [0, 0.05) is 14.2 Å². The molecule has 0 heterocycles. The molecule has 9 heteroatoms. The average Bonchev–Trinajstić information content (AvgIpc) is 2.66. The summed E-state index contributed by atoms with van der Waals surface area (Å²) in [7, 11) is 0.381. The van der Waals surface area contributed by atoms with Gasteiger partial charge in [-0.1, -0.05) is 6.92 Å². The molecule has 0 amide bonds. The average molecular weight is 409 g/mol. The maximum absolute atomic E-state index is 12.5. The van der Waals surface area contributed by atoms with Gasteiger partial charge in [0.15, 0.2) is 0 Å². The second-order valence-electron chi connectivity index (χ2n) is 7.55. The Morgan fingerprint density at radius 2 is 1.52 bits per heavy atom. The van der Waals surface area contributed by atoms with Crippen molar-refractivity contribution in [1.29, 1.82) is 0 Å². The number of aliphatic hydroxyl groups is 2. The van der Waals surface area contributed by atoms with Crippen molar-refractivity contribution in [1.82, 2.24) is 0 Å². The topological polar surface area (TPSA) is 112 Å². The van der Waals surface area contributed by atoms with Crippen LogP contribution in [-0.4, -0.2) is 71.0 Å². The van der Waals surface area contributed by atoms with Crippen LogP contribution in [0.3, 0.4) is 0 Å². The van der Waals surface area contributed by atoms with Crippen LogP contribution in [0.25, 0.3) is 0 Å². The van der Waals surface area contributed by atoms with E-state index in [-0.39, 0.29) is 32.5 Å². The lowest BCUT2D eigenvalue weighted by Crippen LogP contribution is -2.44. The van der Waals surface area contributed by atoms with E-state index in [0.29, 0.717) is 18.9 Å². The minimum atomic E-state index is -2.62. The van der Waals surface area contributed by atoms with Crippen molar-refractivity contribution >= 4 is 20.5 Å². The van der Waals surface area contributed by atoms with Gasteiger partial charge in [-0.3, -0.25) is 9.59 Å². The lowest BCUT2D eigenvalue weighted by molar-refractivity contribution is -0.163. The summed E-state index contributed by atoms with van der Waals surface area (Å²) in [5.74, 6) is -0.831. The molecule has 0 aromatic rings. The minimum absolute atomic E-state index is 0.0607. The fourth-order valence-corrected chi connectivity index (χ4v) is 4.57. The van der Waals surface area contributed by atoms with Crippen molar-refractivity contribution < 1.29 is 38.1 Å². The summed E-state index contributed by atoms with van der Waals surface area (Å²) in [6, 6.07) is 0.504. The maximum Gasteiger partial charge on any atom is 0.364 e. The predicted molar refractivity (Wildman–Crippen MR) is 102 cm³/mol. The van der Waals surface area contributed by atoms with E-state index in [2.05, 4.69) is 0 Å². The predicted octanol–water partition coefficient (Wildman–Crippen LogP) is 1.55. The number of hydrogen-bond acceptors (Lipinski definition) is 8. The van der Waals surface area contributed by atoms with Gasteiger partial charge in [0.25, 0.3) is 0 Å². The Kier molecular flexibility index (Phi) is 11.3. The quantitative estimate of drug-likeness (QED) is 0.253. The van der Waals surface area contributed by atoms with Gasteiger partial charge in [0.05, 0.1) is 30.3 Å². The lowest BCUT2D eigenvalue weighted by atomic mass is 9.72. The molecule has 0 spiro atoms. The van der Waals surface area contributed by atoms with Crippen molar-refractivity contribution in [2.75, 3.05) is 40.3 Å². The van der Waals surface area contributed by atoms with Crippen LogP contribution in [0.1, 0.15) is 47.0 Å². The van der Waals surface area contributed by atoms with Crippen LogP contribution in [0, 0.1) is 10.8 Å². The van der Waals surface area contributed by atoms with Crippen molar-refractivity contribution in [3.8, 4) is 0 Å². The molecule has 27 heavy (non-hydrogen) atoms. The van der Waals surface area contributed by atoms with Crippen LogP contribution in [0.5, 0.6) is 0 Å². The second-order valence-corrected chi connectivity index (χ2v) is 11.0. The molecule has 0 aliphatic carbocycles. The van der Waals surface area contributed by atoms with E-state index in [1.807, 2.05) is 6.92 Å². The second kappa shape index (κ2) is 11.8. The Bertz CT molecular complexity index is 456. The molecule has 0 fully saturated rings. The van der Waals surface area contributed by atoms with Gasteiger partial charge in [-0.05, 0) is 46.1 Å². The molecule has 0 saturated heterocycles. The molecule has 0 aliphatic heterocycles. The molecule has 1 atom stereocenters. The van der Waals surface area contributed by atoms with Crippen molar-refractivity contribution in [3.63, 3.8) is 0 Å². The van der Waals surface area contributed by atoms with E-state index < -0.39 is 31.3 Å². The summed E-state index contributed by atoms with van der Waals surface area (Å²) >= 11 is 0. The van der Waals surface area contributed by atoms with Gasteiger partial charge in [-0.25, -0.2) is 0 Å². The van der Waals surface area contributed by atoms with Crippen LogP contribution in [0.2, 0.25) is 6.04 Å². The Morgan fingerprint density at radius 1 is 0.963 bits per heavy atom. The smallest absolute Gasteiger partial charge is 0.364 e. The molecule has 0 radical (unpaired) electrons. The molecule has 0 bridgehead atoms. The van der Waals surface area contributed by atoms with Gasteiger partial charge in [-0.2, -0.15) is 0 Å². The minimum Gasteiger partial charge on any atom is -0.465 e. The molecular weight excluding hydrogens is 372 g/mol. The van der Waals surface area contributed by atoms with Crippen LogP contribution in [-0.2, 0) is 27.9 Å². The molecule has 0 aliphatic rings. The van der Waals surface area contributed by atoms with E-state index in [1.165, 1.54) is 14.2 Å². The Morgan fingerprint density at radius 3 is 1.96 bits per heavy atom. The number of carbonyl (C=O) groups excluding carboxylic acids is 2. The molecule has 8 nitrogen and oxygen atoms in total. The number of hydrogen-bond donors (Lipinski definition) is 2. The Hall–Kier alpha value is -1.00. The molecule has 0 aromatic heterocycles. The number of esters is 2. The van der Waals surface area contributed by atoms with Crippen molar-refractivity contribution in [2.24, 2.45) is 10.8 Å².